The molecule has 0 aliphatic heterocycles. The highest BCUT2D eigenvalue weighted by Crippen LogP contribution is 2.38. The Morgan fingerprint density at radius 2 is 1.62 bits per heavy atom. The number of anilines is 1. The average Bonchev–Trinajstić information content (AvgIpc) is 3.27. The predicted molar refractivity (Wildman–Crippen MR) is 131 cm³/mol. The van der Waals surface area contributed by atoms with E-state index in [2.05, 4.69) is 39.7 Å². The summed E-state index contributed by atoms with van der Waals surface area (Å²) in [6.07, 6.45) is 4.79. The molecule has 32 heavy (non-hydrogen) atoms. The first kappa shape index (κ1) is 25.5. The highest BCUT2D eigenvalue weighted by atomic mass is 16.2. The lowest BCUT2D eigenvalue weighted by atomic mass is 9.84. The fourth-order valence-corrected chi connectivity index (χ4v) is 4.04. The van der Waals surface area contributed by atoms with E-state index < -0.39 is 5.41 Å². The Morgan fingerprint density at radius 1 is 0.969 bits per heavy atom. The van der Waals surface area contributed by atoms with Gasteiger partial charge in [-0.05, 0) is 31.4 Å². The van der Waals surface area contributed by atoms with Crippen LogP contribution in [0.4, 0.5) is 5.69 Å². The van der Waals surface area contributed by atoms with Gasteiger partial charge in [0.1, 0.15) is 6.54 Å². The summed E-state index contributed by atoms with van der Waals surface area (Å²) < 4.78 is 0. The van der Waals surface area contributed by atoms with Crippen molar-refractivity contribution in [3.05, 3.63) is 30.3 Å². The lowest BCUT2D eigenvalue weighted by Gasteiger charge is -2.31. The second-order valence-corrected chi connectivity index (χ2v) is 9.03. The molecule has 2 rings (SSSR count). The summed E-state index contributed by atoms with van der Waals surface area (Å²) in [4.78, 5) is 34.8. The van der Waals surface area contributed by atoms with E-state index in [0.29, 0.717) is 19.0 Å². The second-order valence-electron chi connectivity index (χ2n) is 9.03. The topological polar surface area (TPSA) is 80.3 Å². The lowest BCUT2D eigenvalue weighted by molar-refractivity contribution is -0.138. The molecule has 1 aromatic carbocycles. The van der Waals surface area contributed by atoms with E-state index in [1.807, 2.05) is 32.3 Å². The molecule has 0 radical (unpaired) electrons. The van der Waals surface area contributed by atoms with E-state index in [-0.39, 0.29) is 18.4 Å². The van der Waals surface area contributed by atoms with Gasteiger partial charge >= 0.3 is 0 Å². The highest BCUT2D eigenvalue weighted by molar-refractivity contribution is 5.86. The van der Waals surface area contributed by atoms with Gasteiger partial charge in [-0.25, -0.2) is 4.99 Å². The Morgan fingerprint density at radius 3 is 2.22 bits per heavy atom. The van der Waals surface area contributed by atoms with Gasteiger partial charge in [0, 0.05) is 60.6 Å². The molecule has 0 bridgehead atoms. The molecule has 178 valence electrons. The normalized spacial score (nSPS) is 15.2. The zero-order chi connectivity index (χ0) is 23.6. The number of benzene rings is 1. The van der Waals surface area contributed by atoms with Crippen LogP contribution in [0.2, 0.25) is 0 Å². The fraction of sp³-hybridized carbons (Fsp3) is 0.625. The van der Waals surface area contributed by atoms with Crippen LogP contribution in [0, 0.1) is 5.41 Å². The third-order valence-corrected chi connectivity index (χ3v) is 6.05. The summed E-state index contributed by atoms with van der Waals surface area (Å²) in [6.45, 7) is 2.20. The Balaban J connectivity index is 1.95. The molecule has 8 nitrogen and oxygen atoms in total. The summed E-state index contributed by atoms with van der Waals surface area (Å²) in [5, 5.41) is 6.71. The van der Waals surface area contributed by atoms with Crippen molar-refractivity contribution in [1.82, 2.24) is 20.4 Å². The Labute approximate surface area is 193 Å². The SMILES string of the molecule is CN(C)C(=O)CN=C(NCCCN(C)c1ccccc1)NCC1(C(=O)N(C)C)CCCC1. The molecule has 1 fully saturated rings. The van der Waals surface area contributed by atoms with E-state index in [0.717, 1.165) is 38.6 Å². The number of para-hydroxylation sites is 1. The highest BCUT2D eigenvalue weighted by Gasteiger charge is 2.42. The number of likely N-dealkylation sites (N-methyl/N-ethyl adjacent to an activating group) is 1. The number of amides is 2. The molecular weight excluding hydrogens is 404 g/mol. The van der Waals surface area contributed by atoms with Gasteiger partial charge in [-0.3, -0.25) is 9.59 Å². The predicted octanol–water partition coefficient (Wildman–Crippen LogP) is 1.78. The largest absolute Gasteiger partial charge is 0.375 e. The number of nitrogens with one attached hydrogen (secondary N) is 2. The van der Waals surface area contributed by atoms with Crippen molar-refractivity contribution >= 4 is 23.5 Å². The van der Waals surface area contributed by atoms with Crippen LogP contribution in [-0.4, -0.2) is 89.0 Å². The lowest BCUT2D eigenvalue weighted by Crippen LogP contribution is -2.49. The molecule has 1 aliphatic rings. The molecule has 2 amide bonds. The van der Waals surface area contributed by atoms with Crippen molar-refractivity contribution in [2.24, 2.45) is 10.4 Å². The molecule has 0 atom stereocenters. The van der Waals surface area contributed by atoms with Gasteiger partial charge in [-0.15, -0.1) is 0 Å². The Kier molecular flexibility index (Phi) is 9.81. The van der Waals surface area contributed by atoms with Crippen LogP contribution in [0.25, 0.3) is 0 Å². The molecule has 2 N–H and O–H groups in total. The number of guanidine groups is 1. The van der Waals surface area contributed by atoms with Crippen molar-refractivity contribution in [2.75, 3.05) is 66.3 Å². The second kappa shape index (κ2) is 12.3. The van der Waals surface area contributed by atoms with Crippen molar-refractivity contribution in [3.63, 3.8) is 0 Å². The number of hydrogen-bond acceptors (Lipinski definition) is 4. The van der Waals surface area contributed by atoms with Crippen LogP contribution in [0.5, 0.6) is 0 Å². The summed E-state index contributed by atoms with van der Waals surface area (Å²) in [5.41, 5.74) is 0.784. The number of carbonyl (C=O) groups excluding carboxylic acids is 2. The number of aliphatic imine (C=N–C) groups is 1. The molecule has 1 saturated carbocycles. The Bertz CT molecular complexity index is 757. The summed E-state index contributed by atoms with van der Waals surface area (Å²) in [7, 11) is 9.15. The van der Waals surface area contributed by atoms with Crippen LogP contribution in [0.1, 0.15) is 32.1 Å². The van der Waals surface area contributed by atoms with E-state index in [4.69, 9.17) is 0 Å². The van der Waals surface area contributed by atoms with Crippen LogP contribution in [-0.2, 0) is 9.59 Å². The van der Waals surface area contributed by atoms with Gasteiger partial charge in [0.05, 0.1) is 5.41 Å². The molecule has 0 saturated heterocycles. The van der Waals surface area contributed by atoms with Crippen LogP contribution in [0.3, 0.4) is 0 Å². The van der Waals surface area contributed by atoms with Gasteiger partial charge in [0.25, 0.3) is 0 Å². The summed E-state index contributed by atoms with van der Waals surface area (Å²) in [5.74, 6) is 0.686. The molecule has 1 aliphatic carbocycles. The van der Waals surface area contributed by atoms with Gasteiger partial charge in [0.15, 0.2) is 5.96 Å². The minimum atomic E-state index is -0.398. The maximum absolute atomic E-state index is 12.9. The fourth-order valence-electron chi connectivity index (χ4n) is 4.04. The first-order valence-corrected chi connectivity index (χ1v) is 11.5. The zero-order valence-electron chi connectivity index (χ0n) is 20.4. The van der Waals surface area contributed by atoms with Crippen LogP contribution >= 0.6 is 0 Å². The van der Waals surface area contributed by atoms with Gasteiger partial charge < -0.3 is 25.3 Å². The minimum absolute atomic E-state index is 0.0603. The minimum Gasteiger partial charge on any atom is -0.375 e. The molecule has 0 aromatic heterocycles. The van der Waals surface area contributed by atoms with E-state index in [1.165, 1.54) is 10.6 Å². The number of nitrogens with zero attached hydrogens (tertiary/aromatic N) is 4. The average molecular weight is 445 g/mol. The van der Waals surface area contributed by atoms with Crippen molar-refractivity contribution in [1.29, 1.82) is 0 Å². The first-order valence-electron chi connectivity index (χ1n) is 11.5. The maximum atomic E-state index is 12.9. The number of rotatable bonds is 10. The van der Waals surface area contributed by atoms with Crippen molar-refractivity contribution < 1.29 is 9.59 Å². The molecular formula is C24H40N6O2. The van der Waals surface area contributed by atoms with Gasteiger partial charge in [-0.2, -0.15) is 0 Å². The third kappa shape index (κ3) is 7.43. The summed E-state index contributed by atoms with van der Waals surface area (Å²) in [6, 6.07) is 10.3. The first-order chi connectivity index (χ1) is 15.2. The van der Waals surface area contributed by atoms with Crippen molar-refractivity contribution in [2.45, 2.75) is 32.1 Å². The van der Waals surface area contributed by atoms with E-state index in [1.54, 1.807) is 19.0 Å². The van der Waals surface area contributed by atoms with Crippen LogP contribution in [0.15, 0.2) is 35.3 Å². The zero-order valence-corrected chi connectivity index (χ0v) is 20.4. The molecule has 8 heteroatoms. The quantitative estimate of drug-likeness (QED) is 0.327. The van der Waals surface area contributed by atoms with E-state index >= 15 is 0 Å². The third-order valence-electron chi connectivity index (χ3n) is 6.05. The van der Waals surface area contributed by atoms with E-state index in [9.17, 15) is 9.59 Å². The standard InChI is InChI=1S/C24H40N6O2/c1-28(2)21(31)18-26-23(25-16-11-17-30(5)20-12-7-6-8-13-20)27-19-24(14-9-10-15-24)22(32)29(3)4/h6-8,12-13H,9-11,14-19H2,1-5H3,(H2,25,26,27). The van der Waals surface area contributed by atoms with Gasteiger partial charge in [0.2, 0.25) is 11.8 Å². The maximum Gasteiger partial charge on any atom is 0.243 e. The number of hydrogen-bond donors (Lipinski definition) is 2. The Hall–Kier alpha value is -2.77. The molecule has 0 unspecified atom stereocenters. The van der Waals surface area contributed by atoms with Gasteiger partial charge in [-0.1, -0.05) is 31.0 Å². The monoisotopic (exact) mass is 444 g/mol. The molecule has 0 heterocycles. The van der Waals surface area contributed by atoms with Crippen molar-refractivity contribution in [3.8, 4) is 0 Å². The van der Waals surface area contributed by atoms with Crippen LogP contribution < -0.4 is 15.5 Å². The number of carbonyl (C=O) groups is 2. The summed E-state index contributed by atoms with van der Waals surface area (Å²) >= 11 is 0. The molecule has 0 spiro atoms. The smallest absolute Gasteiger partial charge is 0.243 e. The molecule has 1 aromatic rings.